The van der Waals surface area contributed by atoms with Gasteiger partial charge in [0.05, 0.1) is 12.1 Å². The zero-order valence-electron chi connectivity index (χ0n) is 8.56. The molecular weight excluding hydrogens is 209 g/mol. The second-order valence-electron chi connectivity index (χ2n) is 4.15. The van der Waals surface area contributed by atoms with E-state index in [-0.39, 0.29) is 13.1 Å². The van der Waals surface area contributed by atoms with Crippen molar-refractivity contribution in [3.63, 3.8) is 0 Å². The predicted octanol–water partition coefficient (Wildman–Crippen LogP) is 0.724. The molecule has 0 atom stereocenters. The number of nitrogens with two attached hydrogens (primary N) is 1. The molecule has 0 amide bonds. The summed E-state index contributed by atoms with van der Waals surface area (Å²) in [5, 5.41) is 9.90. The van der Waals surface area contributed by atoms with Gasteiger partial charge in [-0.1, -0.05) is 0 Å². The first kappa shape index (κ1) is 12.7. The zero-order valence-corrected chi connectivity index (χ0v) is 8.56. The summed E-state index contributed by atoms with van der Waals surface area (Å²) in [4.78, 5) is 1.32. The van der Waals surface area contributed by atoms with Gasteiger partial charge < -0.3 is 10.8 Å². The number of hydrogen-bond donors (Lipinski definition) is 2. The third-order valence-electron chi connectivity index (χ3n) is 2.80. The Labute approximate surface area is 87.0 Å². The fourth-order valence-electron chi connectivity index (χ4n) is 1.90. The van der Waals surface area contributed by atoms with Crippen molar-refractivity contribution in [3.8, 4) is 0 Å². The van der Waals surface area contributed by atoms with Gasteiger partial charge in [-0.25, -0.2) is 0 Å². The fourth-order valence-corrected chi connectivity index (χ4v) is 1.90. The fraction of sp³-hybridized carbons (Fsp3) is 1.00. The molecule has 0 aliphatic carbocycles. The highest BCUT2D eigenvalue weighted by Crippen LogP contribution is 2.27. The minimum Gasteiger partial charge on any atom is -0.390 e. The molecular formula is C9H17F3N2O. The largest absolute Gasteiger partial charge is 0.401 e. The highest BCUT2D eigenvalue weighted by molar-refractivity contribution is 4.86. The van der Waals surface area contributed by atoms with Crippen LogP contribution in [0.15, 0.2) is 0 Å². The Hall–Kier alpha value is -0.330. The number of aliphatic hydroxyl groups is 1. The van der Waals surface area contributed by atoms with Gasteiger partial charge in [-0.3, -0.25) is 4.90 Å². The first-order valence-electron chi connectivity index (χ1n) is 5.06. The standard InChI is InChI=1S/C9H17F3N2O/c10-9(11,12)7-14-5-2-8(15,1-4-13)3-6-14/h15H,1-7,13H2. The summed E-state index contributed by atoms with van der Waals surface area (Å²) >= 11 is 0. The molecule has 0 spiro atoms. The average molecular weight is 226 g/mol. The third-order valence-corrected chi connectivity index (χ3v) is 2.80. The van der Waals surface area contributed by atoms with Crippen molar-refractivity contribution in [2.45, 2.75) is 31.0 Å². The van der Waals surface area contributed by atoms with E-state index in [9.17, 15) is 18.3 Å². The van der Waals surface area contributed by atoms with Crippen LogP contribution in [0.25, 0.3) is 0 Å². The number of hydrogen-bond acceptors (Lipinski definition) is 3. The molecule has 15 heavy (non-hydrogen) atoms. The molecule has 1 fully saturated rings. The summed E-state index contributed by atoms with van der Waals surface area (Å²) in [6.45, 7) is 0.0630. The number of halogens is 3. The Morgan fingerprint density at radius 1 is 1.27 bits per heavy atom. The summed E-state index contributed by atoms with van der Waals surface area (Å²) in [5.41, 5.74) is 4.48. The van der Waals surface area contributed by atoms with Crippen LogP contribution >= 0.6 is 0 Å². The Kier molecular flexibility index (Phi) is 3.97. The smallest absolute Gasteiger partial charge is 0.390 e. The number of alkyl halides is 3. The van der Waals surface area contributed by atoms with E-state index in [2.05, 4.69) is 0 Å². The monoisotopic (exact) mass is 226 g/mol. The van der Waals surface area contributed by atoms with Crippen LogP contribution in [-0.4, -0.2) is 48.0 Å². The molecule has 0 aromatic carbocycles. The van der Waals surface area contributed by atoms with Crippen molar-refractivity contribution in [1.29, 1.82) is 0 Å². The Morgan fingerprint density at radius 2 is 1.80 bits per heavy atom. The van der Waals surface area contributed by atoms with Gasteiger partial charge in [0, 0.05) is 13.1 Å². The number of rotatable bonds is 3. The minimum atomic E-state index is -4.15. The van der Waals surface area contributed by atoms with E-state index < -0.39 is 18.3 Å². The maximum Gasteiger partial charge on any atom is 0.401 e. The lowest BCUT2D eigenvalue weighted by molar-refractivity contribution is -0.154. The normalized spacial score (nSPS) is 23.0. The van der Waals surface area contributed by atoms with Crippen LogP contribution in [0.4, 0.5) is 13.2 Å². The van der Waals surface area contributed by atoms with Crippen molar-refractivity contribution in [3.05, 3.63) is 0 Å². The summed E-state index contributed by atoms with van der Waals surface area (Å²) in [7, 11) is 0. The van der Waals surface area contributed by atoms with E-state index in [1.54, 1.807) is 0 Å². The lowest BCUT2D eigenvalue weighted by Gasteiger charge is -2.38. The van der Waals surface area contributed by atoms with Gasteiger partial charge in [-0.15, -0.1) is 0 Å². The van der Waals surface area contributed by atoms with Crippen LogP contribution in [0.5, 0.6) is 0 Å². The maximum atomic E-state index is 12.1. The van der Waals surface area contributed by atoms with E-state index in [1.165, 1.54) is 4.90 Å². The van der Waals surface area contributed by atoms with Gasteiger partial charge in [0.1, 0.15) is 0 Å². The van der Waals surface area contributed by atoms with Crippen LogP contribution in [0.3, 0.4) is 0 Å². The SMILES string of the molecule is NCCC1(O)CCN(CC(F)(F)F)CC1. The van der Waals surface area contributed by atoms with Gasteiger partial charge in [0.25, 0.3) is 0 Å². The van der Waals surface area contributed by atoms with Gasteiger partial charge >= 0.3 is 6.18 Å². The zero-order chi connectivity index (χ0) is 11.5. The third kappa shape index (κ3) is 4.36. The molecule has 3 nitrogen and oxygen atoms in total. The summed E-state index contributed by atoms with van der Waals surface area (Å²) in [6.07, 6.45) is -2.93. The lowest BCUT2D eigenvalue weighted by atomic mass is 9.88. The second-order valence-corrected chi connectivity index (χ2v) is 4.15. The summed E-state index contributed by atoms with van der Waals surface area (Å²) in [6, 6.07) is 0. The Bertz CT molecular complexity index is 200. The van der Waals surface area contributed by atoms with E-state index in [0.29, 0.717) is 25.8 Å². The number of nitrogens with zero attached hydrogens (tertiary/aromatic N) is 1. The molecule has 0 saturated carbocycles. The molecule has 0 aromatic rings. The molecule has 1 saturated heterocycles. The minimum absolute atomic E-state index is 0.288. The van der Waals surface area contributed by atoms with E-state index in [4.69, 9.17) is 5.73 Å². The molecule has 6 heteroatoms. The van der Waals surface area contributed by atoms with Gasteiger partial charge in [0.15, 0.2) is 0 Å². The van der Waals surface area contributed by atoms with Gasteiger partial charge in [0.2, 0.25) is 0 Å². The molecule has 1 heterocycles. The quantitative estimate of drug-likeness (QED) is 0.745. The molecule has 0 aromatic heterocycles. The molecule has 0 unspecified atom stereocenters. The highest BCUT2D eigenvalue weighted by atomic mass is 19.4. The number of likely N-dealkylation sites (tertiary alicyclic amines) is 1. The maximum absolute atomic E-state index is 12.1. The van der Waals surface area contributed by atoms with E-state index in [0.717, 1.165) is 0 Å². The summed E-state index contributed by atoms with van der Waals surface area (Å²) in [5.74, 6) is 0. The van der Waals surface area contributed by atoms with Crippen molar-refractivity contribution in [2.24, 2.45) is 5.73 Å². The molecule has 90 valence electrons. The first-order valence-corrected chi connectivity index (χ1v) is 5.06. The molecule has 1 aliphatic rings. The topological polar surface area (TPSA) is 49.5 Å². The highest BCUT2D eigenvalue weighted by Gasteiger charge is 2.36. The van der Waals surface area contributed by atoms with Crippen molar-refractivity contribution in [2.75, 3.05) is 26.2 Å². The second kappa shape index (κ2) is 4.67. The van der Waals surface area contributed by atoms with Gasteiger partial charge in [-0.2, -0.15) is 13.2 Å². The van der Waals surface area contributed by atoms with Crippen LogP contribution < -0.4 is 5.73 Å². The lowest BCUT2D eigenvalue weighted by Crippen LogP contribution is -2.47. The average Bonchev–Trinajstić information content (AvgIpc) is 2.08. The molecule has 1 rings (SSSR count). The van der Waals surface area contributed by atoms with E-state index >= 15 is 0 Å². The van der Waals surface area contributed by atoms with Crippen LogP contribution in [-0.2, 0) is 0 Å². The van der Waals surface area contributed by atoms with Crippen LogP contribution in [0.2, 0.25) is 0 Å². The van der Waals surface area contributed by atoms with Gasteiger partial charge in [-0.05, 0) is 25.8 Å². The molecule has 0 bridgehead atoms. The molecule has 3 N–H and O–H groups in total. The number of piperidine rings is 1. The Balaban J connectivity index is 2.35. The van der Waals surface area contributed by atoms with Crippen molar-refractivity contribution < 1.29 is 18.3 Å². The predicted molar refractivity (Wildman–Crippen MR) is 50.4 cm³/mol. The van der Waals surface area contributed by atoms with Crippen molar-refractivity contribution >= 4 is 0 Å². The van der Waals surface area contributed by atoms with Crippen LogP contribution in [0.1, 0.15) is 19.3 Å². The summed E-state index contributed by atoms with van der Waals surface area (Å²) < 4.78 is 36.2. The Morgan fingerprint density at radius 3 is 2.20 bits per heavy atom. The first-order chi connectivity index (χ1) is 6.85. The van der Waals surface area contributed by atoms with Crippen LogP contribution in [0, 0.1) is 0 Å². The van der Waals surface area contributed by atoms with E-state index in [1.807, 2.05) is 0 Å². The molecule has 1 aliphatic heterocycles. The van der Waals surface area contributed by atoms with Crippen molar-refractivity contribution in [1.82, 2.24) is 4.90 Å². The molecule has 0 radical (unpaired) electrons.